The summed E-state index contributed by atoms with van der Waals surface area (Å²) in [7, 11) is 0. The van der Waals surface area contributed by atoms with Crippen LogP contribution in [0.4, 0.5) is 0 Å². The first kappa shape index (κ1) is 12.3. The van der Waals surface area contributed by atoms with E-state index >= 15 is 0 Å². The van der Waals surface area contributed by atoms with Crippen molar-refractivity contribution in [2.45, 2.75) is 26.8 Å². The largest absolute Gasteiger partial charge is 0.462 e. The molecule has 7 nitrogen and oxygen atoms in total. The number of nitrogens with zero attached hydrogens (tertiary/aromatic N) is 4. The lowest BCUT2D eigenvalue weighted by Crippen LogP contribution is -2.04. The smallest absolute Gasteiger partial charge is 0.341 e. The monoisotopic (exact) mass is 250 g/mol. The fourth-order valence-corrected chi connectivity index (χ4v) is 1.41. The van der Waals surface area contributed by atoms with Crippen molar-refractivity contribution in [1.82, 2.24) is 19.9 Å². The number of aryl methyl sites for hydroxylation is 1. The number of hydrogen-bond donors (Lipinski definition) is 0. The van der Waals surface area contributed by atoms with Gasteiger partial charge in [0.2, 0.25) is 5.89 Å². The Balaban J connectivity index is 2.04. The highest BCUT2D eigenvalue weighted by atomic mass is 16.5. The molecule has 7 heteroatoms. The van der Waals surface area contributed by atoms with Gasteiger partial charge in [-0.3, -0.25) is 4.68 Å². The van der Waals surface area contributed by atoms with Crippen molar-refractivity contribution in [3.05, 3.63) is 29.7 Å². The first-order valence-corrected chi connectivity index (χ1v) is 5.74. The Bertz CT molecular complexity index is 532. The zero-order chi connectivity index (χ0) is 13.0. The van der Waals surface area contributed by atoms with Crippen LogP contribution in [0, 0.1) is 0 Å². The Labute approximate surface area is 104 Å². The van der Waals surface area contributed by atoms with Crippen LogP contribution in [-0.4, -0.2) is 32.5 Å². The van der Waals surface area contributed by atoms with Gasteiger partial charge in [-0.2, -0.15) is 10.1 Å². The van der Waals surface area contributed by atoms with Gasteiger partial charge in [0.1, 0.15) is 6.54 Å². The topological polar surface area (TPSA) is 83.0 Å². The highest BCUT2D eigenvalue weighted by Crippen LogP contribution is 2.04. The van der Waals surface area contributed by atoms with Crippen molar-refractivity contribution in [1.29, 1.82) is 0 Å². The molecule has 0 aliphatic heterocycles. The number of rotatable bonds is 5. The summed E-state index contributed by atoms with van der Waals surface area (Å²) in [5.41, 5.74) is 0.413. The number of carbonyl (C=O) groups is 1. The molecule has 18 heavy (non-hydrogen) atoms. The lowest BCUT2D eigenvalue weighted by atomic mass is 10.4. The molecule has 0 saturated carbocycles. The molecule has 0 radical (unpaired) electrons. The van der Waals surface area contributed by atoms with Crippen molar-refractivity contribution in [2.24, 2.45) is 0 Å². The maximum Gasteiger partial charge on any atom is 0.341 e. The molecule has 2 aromatic rings. The Hall–Kier alpha value is -2.18. The molecule has 0 bridgehead atoms. The molecule has 0 spiro atoms. The number of ether oxygens (including phenoxy) is 1. The zero-order valence-electron chi connectivity index (χ0n) is 10.3. The Morgan fingerprint density at radius 1 is 1.50 bits per heavy atom. The molecule has 2 heterocycles. The first-order chi connectivity index (χ1) is 8.72. The lowest BCUT2D eigenvalue weighted by molar-refractivity contribution is 0.0526. The molecule has 96 valence electrons. The molecular formula is C11H14N4O3. The first-order valence-electron chi connectivity index (χ1n) is 5.74. The molecule has 0 aliphatic rings. The molecule has 0 atom stereocenters. The van der Waals surface area contributed by atoms with E-state index in [-0.39, 0.29) is 5.97 Å². The van der Waals surface area contributed by atoms with Crippen LogP contribution in [0.5, 0.6) is 0 Å². The van der Waals surface area contributed by atoms with E-state index in [2.05, 4.69) is 15.2 Å². The molecule has 2 rings (SSSR count). The van der Waals surface area contributed by atoms with Crippen molar-refractivity contribution in [3.8, 4) is 0 Å². The van der Waals surface area contributed by atoms with E-state index in [1.54, 1.807) is 17.8 Å². The number of carbonyl (C=O) groups excluding carboxylic acids is 1. The summed E-state index contributed by atoms with van der Waals surface area (Å²) >= 11 is 0. The number of aromatic nitrogens is 4. The SMILES string of the molecule is CCOC(=O)c1cnn(Cc2noc(CC)n2)c1. The van der Waals surface area contributed by atoms with E-state index in [9.17, 15) is 4.79 Å². The van der Waals surface area contributed by atoms with Crippen LogP contribution in [0.3, 0.4) is 0 Å². The third kappa shape index (κ3) is 2.73. The Morgan fingerprint density at radius 2 is 2.33 bits per heavy atom. The van der Waals surface area contributed by atoms with Crippen LogP contribution in [0.25, 0.3) is 0 Å². The second-order valence-corrected chi connectivity index (χ2v) is 3.60. The minimum Gasteiger partial charge on any atom is -0.462 e. The summed E-state index contributed by atoms with van der Waals surface area (Å²) in [4.78, 5) is 15.6. The predicted molar refractivity (Wildman–Crippen MR) is 61.0 cm³/mol. The Kier molecular flexibility index (Phi) is 3.71. The summed E-state index contributed by atoms with van der Waals surface area (Å²) in [6.45, 7) is 4.40. The van der Waals surface area contributed by atoms with Gasteiger partial charge in [0.15, 0.2) is 5.82 Å². The van der Waals surface area contributed by atoms with Gasteiger partial charge in [0.25, 0.3) is 0 Å². The van der Waals surface area contributed by atoms with E-state index in [0.717, 1.165) is 0 Å². The standard InChI is InChI=1S/C11H14N4O3/c1-3-10-13-9(14-18-10)7-15-6-8(5-12-15)11(16)17-4-2/h5-6H,3-4,7H2,1-2H3. The predicted octanol–water partition coefficient (Wildman–Crippen LogP) is 1.05. The van der Waals surface area contributed by atoms with Crippen molar-refractivity contribution in [2.75, 3.05) is 6.61 Å². The third-order valence-electron chi connectivity index (χ3n) is 2.26. The number of hydrogen-bond acceptors (Lipinski definition) is 6. The van der Waals surface area contributed by atoms with Gasteiger partial charge in [-0.25, -0.2) is 4.79 Å². The second kappa shape index (κ2) is 5.44. The zero-order valence-corrected chi connectivity index (χ0v) is 10.3. The maximum atomic E-state index is 11.4. The van der Waals surface area contributed by atoms with Crippen LogP contribution < -0.4 is 0 Å². The van der Waals surface area contributed by atoms with E-state index in [4.69, 9.17) is 9.26 Å². The van der Waals surface area contributed by atoms with E-state index in [1.807, 2.05) is 6.92 Å². The maximum absolute atomic E-state index is 11.4. The second-order valence-electron chi connectivity index (χ2n) is 3.60. The molecule has 0 aliphatic carbocycles. The minimum atomic E-state index is -0.383. The molecule has 0 N–H and O–H groups in total. The van der Waals surface area contributed by atoms with Gasteiger partial charge < -0.3 is 9.26 Å². The normalized spacial score (nSPS) is 10.6. The Morgan fingerprint density at radius 3 is 3.00 bits per heavy atom. The van der Waals surface area contributed by atoms with Crippen LogP contribution >= 0.6 is 0 Å². The van der Waals surface area contributed by atoms with E-state index < -0.39 is 0 Å². The summed E-state index contributed by atoms with van der Waals surface area (Å²) < 4.78 is 11.4. The van der Waals surface area contributed by atoms with Gasteiger partial charge in [-0.15, -0.1) is 0 Å². The quantitative estimate of drug-likeness (QED) is 0.738. The molecule has 2 aromatic heterocycles. The van der Waals surface area contributed by atoms with Crippen LogP contribution in [-0.2, 0) is 17.7 Å². The molecule has 0 unspecified atom stereocenters. The summed E-state index contributed by atoms with van der Waals surface area (Å²) in [5, 5.41) is 7.85. The highest BCUT2D eigenvalue weighted by Gasteiger charge is 2.11. The van der Waals surface area contributed by atoms with Crippen LogP contribution in [0.1, 0.15) is 35.9 Å². The molecule has 0 aromatic carbocycles. The average molecular weight is 250 g/mol. The lowest BCUT2D eigenvalue weighted by Gasteiger charge is -1.97. The van der Waals surface area contributed by atoms with Gasteiger partial charge in [0.05, 0.1) is 18.4 Å². The van der Waals surface area contributed by atoms with Gasteiger partial charge in [0, 0.05) is 12.6 Å². The fourth-order valence-electron chi connectivity index (χ4n) is 1.41. The summed E-state index contributed by atoms with van der Waals surface area (Å²) in [6.07, 6.45) is 3.75. The van der Waals surface area contributed by atoms with E-state index in [1.165, 1.54) is 6.20 Å². The molecular weight excluding hydrogens is 236 g/mol. The molecule has 0 fully saturated rings. The highest BCUT2D eigenvalue weighted by molar-refractivity contribution is 5.88. The molecule has 0 saturated heterocycles. The molecule has 0 amide bonds. The average Bonchev–Trinajstić information content (AvgIpc) is 2.99. The summed E-state index contributed by atoms with van der Waals surface area (Å²) in [6, 6.07) is 0. The van der Waals surface area contributed by atoms with Crippen LogP contribution in [0.15, 0.2) is 16.9 Å². The van der Waals surface area contributed by atoms with E-state index in [0.29, 0.717) is 36.9 Å². The van der Waals surface area contributed by atoms with Gasteiger partial charge >= 0.3 is 5.97 Å². The van der Waals surface area contributed by atoms with Crippen LogP contribution in [0.2, 0.25) is 0 Å². The van der Waals surface area contributed by atoms with Gasteiger partial charge in [-0.1, -0.05) is 12.1 Å². The van der Waals surface area contributed by atoms with Crippen molar-refractivity contribution >= 4 is 5.97 Å². The third-order valence-corrected chi connectivity index (χ3v) is 2.26. The van der Waals surface area contributed by atoms with Crippen molar-refractivity contribution < 1.29 is 14.1 Å². The minimum absolute atomic E-state index is 0.342. The van der Waals surface area contributed by atoms with Gasteiger partial charge in [-0.05, 0) is 6.92 Å². The fraction of sp³-hybridized carbons (Fsp3) is 0.455. The summed E-state index contributed by atoms with van der Waals surface area (Å²) in [5.74, 6) is 0.735. The number of esters is 1. The van der Waals surface area contributed by atoms with Crippen molar-refractivity contribution in [3.63, 3.8) is 0 Å².